The van der Waals surface area contributed by atoms with Gasteiger partial charge in [0.05, 0.1) is 11.4 Å². The van der Waals surface area contributed by atoms with Crippen molar-refractivity contribution >= 4 is 17.3 Å². The molecule has 1 heterocycles. The summed E-state index contributed by atoms with van der Waals surface area (Å²) in [6.45, 7) is 7.49. The predicted octanol–water partition coefficient (Wildman–Crippen LogP) is 3.70. The van der Waals surface area contributed by atoms with Crippen LogP contribution in [0, 0.1) is 5.92 Å². The molecular formula is C20H33N3O. The Morgan fingerprint density at radius 2 is 2.04 bits per heavy atom. The molecule has 1 aromatic carbocycles. The second kappa shape index (κ2) is 8.95. The van der Waals surface area contributed by atoms with Crippen molar-refractivity contribution in [2.24, 2.45) is 5.92 Å². The molecular weight excluding hydrogens is 298 g/mol. The number of unbranched alkanes of at least 4 members (excludes halogenated alkanes) is 1. The number of rotatable bonds is 7. The molecule has 0 saturated carbocycles. The highest BCUT2D eigenvalue weighted by Crippen LogP contribution is 2.29. The molecule has 1 aromatic rings. The Hall–Kier alpha value is -1.71. The summed E-state index contributed by atoms with van der Waals surface area (Å²) in [7, 11) is 1.90. The van der Waals surface area contributed by atoms with Crippen LogP contribution in [-0.4, -0.2) is 37.5 Å². The lowest BCUT2D eigenvalue weighted by Gasteiger charge is -2.33. The van der Waals surface area contributed by atoms with Crippen molar-refractivity contribution in [3.05, 3.63) is 23.8 Å². The van der Waals surface area contributed by atoms with Crippen LogP contribution in [0.2, 0.25) is 0 Å². The molecule has 134 valence electrons. The van der Waals surface area contributed by atoms with Gasteiger partial charge in [-0.05, 0) is 49.3 Å². The minimum Gasteiger partial charge on any atom is -0.397 e. The number of anilines is 2. The van der Waals surface area contributed by atoms with Gasteiger partial charge in [0.1, 0.15) is 0 Å². The van der Waals surface area contributed by atoms with Crippen LogP contribution in [-0.2, 0) is 11.2 Å². The van der Waals surface area contributed by atoms with Crippen LogP contribution in [0.15, 0.2) is 18.2 Å². The number of carbonyl (C=O) groups is 1. The molecule has 1 fully saturated rings. The van der Waals surface area contributed by atoms with Crippen LogP contribution in [0.5, 0.6) is 0 Å². The highest BCUT2D eigenvalue weighted by molar-refractivity contribution is 5.76. The number of nitrogens with two attached hydrogens (primary N) is 1. The third-order valence-corrected chi connectivity index (χ3v) is 5.12. The van der Waals surface area contributed by atoms with E-state index in [9.17, 15) is 4.79 Å². The average molecular weight is 332 g/mol. The van der Waals surface area contributed by atoms with Crippen molar-refractivity contribution in [3.8, 4) is 0 Å². The minimum atomic E-state index is 0.219. The van der Waals surface area contributed by atoms with Crippen molar-refractivity contribution in [2.75, 3.05) is 37.3 Å². The van der Waals surface area contributed by atoms with Gasteiger partial charge < -0.3 is 15.5 Å². The quantitative estimate of drug-likeness (QED) is 0.775. The van der Waals surface area contributed by atoms with Crippen LogP contribution in [0.25, 0.3) is 0 Å². The van der Waals surface area contributed by atoms with Gasteiger partial charge in [0, 0.05) is 33.1 Å². The first-order valence-electron chi connectivity index (χ1n) is 9.38. The second-order valence-electron chi connectivity index (χ2n) is 7.23. The molecule has 4 heteroatoms. The fraction of sp³-hybridized carbons (Fsp3) is 0.650. The standard InChI is InChI=1S/C20H33N3O/c1-4-5-12-22(3)20(24)9-7-17-6-8-19(18(21)15-17)23-13-10-16(2)11-14-23/h6,8,15-16H,4-5,7,9-14,21H2,1-3H3. The van der Waals surface area contributed by atoms with Gasteiger partial charge in [-0.1, -0.05) is 26.3 Å². The number of nitrogens with zero attached hydrogens (tertiary/aromatic N) is 2. The first kappa shape index (κ1) is 18.6. The molecule has 0 radical (unpaired) electrons. The number of carbonyl (C=O) groups excluding carboxylic acids is 1. The molecule has 0 aliphatic carbocycles. The number of piperidine rings is 1. The van der Waals surface area contributed by atoms with E-state index in [2.05, 4.69) is 30.9 Å². The van der Waals surface area contributed by atoms with Crippen molar-refractivity contribution in [2.45, 2.75) is 52.4 Å². The summed E-state index contributed by atoms with van der Waals surface area (Å²) in [5, 5.41) is 0. The van der Waals surface area contributed by atoms with Crippen LogP contribution in [0.4, 0.5) is 11.4 Å². The summed E-state index contributed by atoms with van der Waals surface area (Å²) in [5.74, 6) is 1.04. The summed E-state index contributed by atoms with van der Waals surface area (Å²) in [6.07, 6.45) is 5.97. The van der Waals surface area contributed by atoms with E-state index in [0.29, 0.717) is 6.42 Å². The Morgan fingerprint density at radius 3 is 2.67 bits per heavy atom. The summed E-state index contributed by atoms with van der Waals surface area (Å²) >= 11 is 0. The lowest BCUT2D eigenvalue weighted by molar-refractivity contribution is -0.129. The number of benzene rings is 1. The van der Waals surface area contributed by atoms with Crippen molar-refractivity contribution in [3.63, 3.8) is 0 Å². The van der Waals surface area contributed by atoms with E-state index >= 15 is 0 Å². The molecule has 0 aromatic heterocycles. The highest BCUT2D eigenvalue weighted by Gasteiger charge is 2.18. The molecule has 0 spiro atoms. The fourth-order valence-corrected chi connectivity index (χ4v) is 3.26. The second-order valence-corrected chi connectivity index (χ2v) is 7.23. The average Bonchev–Trinajstić information content (AvgIpc) is 2.58. The van der Waals surface area contributed by atoms with E-state index in [0.717, 1.165) is 61.8 Å². The van der Waals surface area contributed by atoms with Crippen LogP contribution < -0.4 is 10.6 Å². The Bertz CT molecular complexity index is 536. The first-order chi connectivity index (χ1) is 11.5. The first-order valence-corrected chi connectivity index (χ1v) is 9.38. The maximum atomic E-state index is 12.1. The van der Waals surface area contributed by atoms with Crippen molar-refractivity contribution in [1.29, 1.82) is 0 Å². The molecule has 1 amide bonds. The third kappa shape index (κ3) is 5.15. The smallest absolute Gasteiger partial charge is 0.222 e. The highest BCUT2D eigenvalue weighted by atomic mass is 16.2. The van der Waals surface area contributed by atoms with E-state index in [1.165, 1.54) is 12.8 Å². The molecule has 4 nitrogen and oxygen atoms in total. The Morgan fingerprint density at radius 1 is 1.33 bits per heavy atom. The molecule has 0 unspecified atom stereocenters. The number of hydrogen-bond donors (Lipinski definition) is 1. The number of amides is 1. The van der Waals surface area contributed by atoms with Gasteiger partial charge in [0.2, 0.25) is 5.91 Å². The maximum absolute atomic E-state index is 12.1. The lowest BCUT2D eigenvalue weighted by atomic mass is 9.98. The number of nitrogen functional groups attached to an aromatic ring is 1. The predicted molar refractivity (Wildman–Crippen MR) is 102 cm³/mol. The zero-order valence-corrected chi connectivity index (χ0v) is 15.6. The largest absolute Gasteiger partial charge is 0.397 e. The lowest BCUT2D eigenvalue weighted by Crippen LogP contribution is -2.33. The van der Waals surface area contributed by atoms with Gasteiger partial charge in [0.25, 0.3) is 0 Å². The molecule has 24 heavy (non-hydrogen) atoms. The molecule has 0 bridgehead atoms. The molecule has 1 saturated heterocycles. The van der Waals surface area contributed by atoms with Gasteiger partial charge in [-0.15, -0.1) is 0 Å². The van der Waals surface area contributed by atoms with Crippen LogP contribution in [0.1, 0.15) is 51.5 Å². The summed E-state index contributed by atoms with van der Waals surface area (Å²) in [5.41, 5.74) is 9.43. The minimum absolute atomic E-state index is 0.219. The summed E-state index contributed by atoms with van der Waals surface area (Å²) < 4.78 is 0. The van der Waals surface area contributed by atoms with E-state index in [4.69, 9.17) is 5.73 Å². The molecule has 2 rings (SSSR count). The van der Waals surface area contributed by atoms with Crippen molar-refractivity contribution in [1.82, 2.24) is 4.90 Å². The van der Waals surface area contributed by atoms with Crippen LogP contribution >= 0.6 is 0 Å². The van der Waals surface area contributed by atoms with E-state index < -0.39 is 0 Å². The normalized spacial score (nSPS) is 15.5. The topological polar surface area (TPSA) is 49.6 Å². The third-order valence-electron chi connectivity index (χ3n) is 5.12. The molecule has 0 atom stereocenters. The maximum Gasteiger partial charge on any atom is 0.222 e. The van der Waals surface area contributed by atoms with Crippen molar-refractivity contribution < 1.29 is 4.79 Å². The van der Waals surface area contributed by atoms with E-state index in [1.54, 1.807) is 0 Å². The van der Waals surface area contributed by atoms with Gasteiger partial charge in [0.15, 0.2) is 0 Å². The Kier molecular flexibility index (Phi) is 6.95. The van der Waals surface area contributed by atoms with E-state index in [-0.39, 0.29) is 5.91 Å². The number of hydrogen-bond acceptors (Lipinski definition) is 3. The van der Waals surface area contributed by atoms with Crippen LogP contribution in [0.3, 0.4) is 0 Å². The Labute approximate surface area is 147 Å². The van der Waals surface area contributed by atoms with Gasteiger partial charge >= 0.3 is 0 Å². The SMILES string of the molecule is CCCCN(C)C(=O)CCc1ccc(N2CCC(C)CC2)c(N)c1. The van der Waals surface area contributed by atoms with Gasteiger partial charge in [-0.3, -0.25) is 4.79 Å². The fourth-order valence-electron chi connectivity index (χ4n) is 3.26. The molecule has 1 aliphatic rings. The monoisotopic (exact) mass is 331 g/mol. The van der Waals surface area contributed by atoms with Gasteiger partial charge in [-0.25, -0.2) is 0 Å². The summed E-state index contributed by atoms with van der Waals surface area (Å²) in [4.78, 5) is 16.4. The number of aryl methyl sites for hydroxylation is 1. The van der Waals surface area contributed by atoms with Gasteiger partial charge in [-0.2, -0.15) is 0 Å². The van der Waals surface area contributed by atoms with E-state index in [1.807, 2.05) is 18.0 Å². The molecule has 2 N–H and O–H groups in total. The molecule has 1 aliphatic heterocycles. The summed E-state index contributed by atoms with van der Waals surface area (Å²) in [6, 6.07) is 6.31. The Balaban J connectivity index is 1.89. The zero-order valence-electron chi connectivity index (χ0n) is 15.6. The zero-order chi connectivity index (χ0) is 17.5.